The monoisotopic (exact) mass is 135 g/mol. The lowest BCUT2D eigenvalue weighted by Crippen LogP contribution is -2.03. The normalized spacial score (nSPS) is 10.8. The van der Waals surface area contributed by atoms with E-state index in [0.717, 1.165) is 5.22 Å². The minimum absolute atomic E-state index is 0.0323. The number of fused-ring (bicyclic) bond motifs is 1. The molecule has 0 amide bonds. The minimum Gasteiger partial charge on any atom is -0.315 e. The van der Waals surface area contributed by atoms with E-state index in [-0.39, 0.29) is 5.68 Å². The Kier molecular flexibility index (Phi) is 0.768. The molecule has 2 aromatic rings. The number of rotatable bonds is 0. The van der Waals surface area contributed by atoms with Gasteiger partial charge in [-0.05, 0) is 6.07 Å². The van der Waals surface area contributed by atoms with Crippen molar-refractivity contribution in [3.8, 4) is 0 Å². The maximum absolute atomic E-state index is 7.16. The van der Waals surface area contributed by atoms with Crippen LogP contribution in [-0.2, 0) is 0 Å². The van der Waals surface area contributed by atoms with Crippen LogP contribution >= 0.6 is 0 Å². The van der Waals surface area contributed by atoms with E-state index < -0.39 is 0 Å². The third kappa shape index (κ3) is 0.452. The Bertz CT molecular complexity index is 409. The zero-order valence-corrected chi connectivity index (χ0v) is 5.16. The zero-order valence-electron chi connectivity index (χ0n) is 5.16. The Labute approximate surface area is 55.9 Å². The van der Waals surface area contributed by atoms with Crippen molar-refractivity contribution in [3.63, 3.8) is 0 Å². The van der Waals surface area contributed by atoms with Crippen molar-refractivity contribution >= 4 is 12.2 Å². The quantitative estimate of drug-likeness (QED) is 0.531. The molecule has 4 heteroatoms. The third-order valence-corrected chi connectivity index (χ3v) is 1.38. The van der Waals surface area contributed by atoms with Gasteiger partial charge in [0.1, 0.15) is 0 Å². The van der Waals surface area contributed by atoms with Crippen LogP contribution in [-0.4, -0.2) is 9.56 Å². The Morgan fingerprint density at radius 1 is 1.70 bits per heavy atom. The van der Waals surface area contributed by atoms with E-state index in [4.69, 9.17) is 5.41 Å². The van der Waals surface area contributed by atoms with Gasteiger partial charge in [-0.2, -0.15) is 0 Å². The van der Waals surface area contributed by atoms with Gasteiger partial charge >= 0.3 is 5.68 Å². The SMILES string of the molecule is C=c1ccn2c(=N)onc12. The average molecular weight is 135 g/mol. The topological polar surface area (TPSA) is 54.3 Å². The fourth-order valence-electron chi connectivity index (χ4n) is 0.861. The van der Waals surface area contributed by atoms with Gasteiger partial charge in [0.15, 0.2) is 5.65 Å². The third-order valence-electron chi connectivity index (χ3n) is 1.38. The molecule has 2 rings (SSSR count). The van der Waals surface area contributed by atoms with Gasteiger partial charge in [-0.3, -0.25) is 4.40 Å². The second-order valence-electron chi connectivity index (χ2n) is 2.02. The number of hydrogen-bond acceptors (Lipinski definition) is 3. The summed E-state index contributed by atoms with van der Waals surface area (Å²) in [6, 6.07) is 1.79. The van der Waals surface area contributed by atoms with Gasteiger partial charge < -0.3 is 4.52 Å². The van der Waals surface area contributed by atoms with Crippen LogP contribution in [0.3, 0.4) is 0 Å². The van der Waals surface area contributed by atoms with Gasteiger partial charge in [0.2, 0.25) is 0 Å². The van der Waals surface area contributed by atoms with Gasteiger partial charge in [0.25, 0.3) is 0 Å². The molecular formula is C6H5N3O. The molecule has 10 heavy (non-hydrogen) atoms. The standard InChI is InChI=1S/C6H5N3O/c1-4-2-3-9-5(4)8-10-6(9)7/h2-3,7H,1H2. The number of hydrogen-bond donors (Lipinski definition) is 1. The first-order valence-electron chi connectivity index (χ1n) is 2.79. The molecule has 4 nitrogen and oxygen atoms in total. The summed E-state index contributed by atoms with van der Waals surface area (Å²) < 4.78 is 6.11. The van der Waals surface area contributed by atoms with Gasteiger partial charge in [-0.1, -0.05) is 11.7 Å². The van der Waals surface area contributed by atoms with Gasteiger partial charge in [0.05, 0.1) is 0 Å². The van der Waals surface area contributed by atoms with E-state index in [9.17, 15) is 0 Å². The summed E-state index contributed by atoms with van der Waals surface area (Å²) in [5.41, 5.74) is 0.648. The largest absolute Gasteiger partial charge is 0.324 e. The highest BCUT2D eigenvalue weighted by atomic mass is 16.5. The van der Waals surface area contributed by atoms with Crippen molar-refractivity contribution < 1.29 is 4.52 Å². The summed E-state index contributed by atoms with van der Waals surface area (Å²) >= 11 is 0. The molecule has 0 atom stereocenters. The molecule has 50 valence electrons. The van der Waals surface area contributed by atoms with Crippen LogP contribution < -0.4 is 10.9 Å². The lowest BCUT2D eigenvalue weighted by molar-refractivity contribution is 0.368. The highest BCUT2D eigenvalue weighted by Gasteiger charge is 1.98. The molecule has 0 unspecified atom stereocenters. The molecule has 0 bridgehead atoms. The molecule has 2 aromatic heterocycles. The second-order valence-corrected chi connectivity index (χ2v) is 2.02. The molecule has 0 radical (unpaired) electrons. The van der Waals surface area contributed by atoms with E-state index in [1.54, 1.807) is 12.3 Å². The maximum Gasteiger partial charge on any atom is 0.324 e. The smallest absolute Gasteiger partial charge is 0.315 e. The Balaban J connectivity index is 3.24. The van der Waals surface area contributed by atoms with Crippen molar-refractivity contribution in [2.75, 3.05) is 0 Å². The molecule has 0 aliphatic heterocycles. The highest BCUT2D eigenvalue weighted by Crippen LogP contribution is 1.85. The van der Waals surface area contributed by atoms with Crippen LogP contribution in [0.2, 0.25) is 0 Å². The summed E-state index contributed by atoms with van der Waals surface area (Å²) in [6.45, 7) is 3.70. The van der Waals surface area contributed by atoms with E-state index in [1.165, 1.54) is 4.40 Å². The maximum atomic E-state index is 7.16. The minimum atomic E-state index is 0.0323. The lowest BCUT2D eigenvalue weighted by atomic mass is 10.5. The molecule has 0 aromatic carbocycles. The van der Waals surface area contributed by atoms with E-state index in [0.29, 0.717) is 5.65 Å². The number of nitrogens with one attached hydrogen (secondary N) is 1. The van der Waals surface area contributed by atoms with Crippen molar-refractivity contribution in [3.05, 3.63) is 23.2 Å². The van der Waals surface area contributed by atoms with Crippen LogP contribution in [0.25, 0.3) is 12.2 Å². The molecule has 0 saturated carbocycles. The van der Waals surface area contributed by atoms with Crippen molar-refractivity contribution in [1.29, 1.82) is 5.41 Å². The first kappa shape index (κ1) is 5.22. The van der Waals surface area contributed by atoms with Crippen molar-refractivity contribution in [2.45, 2.75) is 0 Å². The molecule has 0 saturated heterocycles. The van der Waals surface area contributed by atoms with E-state index in [1.807, 2.05) is 0 Å². The summed E-state index contributed by atoms with van der Waals surface area (Å²) in [5.74, 6) is 0. The molecular weight excluding hydrogens is 130 g/mol. The van der Waals surface area contributed by atoms with E-state index >= 15 is 0 Å². The lowest BCUT2D eigenvalue weighted by Gasteiger charge is -1.70. The molecule has 1 N–H and O–H groups in total. The van der Waals surface area contributed by atoms with Crippen LogP contribution in [0.5, 0.6) is 0 Å². The van der Waals surface area contributed by atoms with Crippen molar-refractivity contribution in [2.24, 2.45) is 0 Å². The number of nitrogens with zero attached hydrogens (tertiary/aromatic N) is 2. The van der Waals surface area contributed by atoms with Gasteiger partial charge in [0, 0.05) is 11.4 Å². The summed E-state index contributed by atoms with van der Waals surface area (Å²) in [5, 5.41) is 11.6. The predicted octanol–water partition coefficient (Wildman–Crippen LogP) is -0.464. The first-order valence-corrected chi connectivity index (χ1v) is 2.79. The van der Waals surface area contributed by atoms with Crippen LogP contribution in [0.1, 0.15) is 0 Å². The van der Waals surface area contributed by atoms with Gasteiger partial charge in [-0.25, -0.2) is 5.41 Å². The second kappa shape index (κ2) is 1.47. The predicted molar refractivity (Wildman–Crippen MR) is 34.1 cm³/mol. The summed E-state index contributed by atoms with van der Waals surface area (Å²) in [7, 11) is 0. The summed E-state index contributed by atoms with van der Waals surface area (Å²) in [4.78, 5) is 0. The fourth-order valence-corrected chi connectivity index (χ4v) is 0.861. The Morgan fingerprint density at radius 3 is 3.20 bits per heavy atom. The Morgan fingerprint density at radius 2 is 2.50 bits per heavy atom. The fraction of sp³-hybridized carbons (Fsp3) is 0. The van der Waals surface area contributed by atoms with Crippen LogP contribution in [0.15, 0.2) is 16.8 Å². The molecule has 2 heterocycles. The summed E-state index contributed by atoms with van der Waals surface area (Å²) in [6.07, 6.45) is 1.70. The van der Waals surface area contributed by atoms with Crippen molar-refractivity contribution in [1.82, 2.24) is 9.56 Å². The van der Waals surface area contributed by atoms with Crippen LogP contribution in [0, 0.1) is 5.41 Å². The highest BCUT2D eigenvalue weighted by molar-refractivity contribution is 5.39. The first-order chi connectivity index (χ1) is 4.79. The molecule has 0 aliphatic rings. The molecule has 0 spiro atoms. The molecule has 0 aliphatic carbocycles. The van der Waals surface area contributed by atoms with Crippen LogP contribution in [0.4, 0.5) is 0 Å². The zero-order chi connectivity index (χ0) is 7.14. The molecule has 0 fully saturated rings. The number of aromatic nitrogens is 2. The van der Waals surface area contributed by atoms with Gasteiger partial charge in [-0.15, -0.1) is 0 Å². The van der Waals surface area contributed by atoms with E-state index in [2.05, 4.69) is 16.3 Å². The Hall–Kier alpha value is -1.58. The average Bonchev–Trinajstić information content (AvgIpc) is 2.41.